The topological polar surface area (TPSA) is 64.9 Å². The van der Waals surface area contributed by atoms with Crippen molar-refractivity contribution in [2.45, 2.75) is 29.8 Å². The minimum absolute atomic E-state index is 0.0542. The molecule has 0 unspecified atom stereocenters. The normalized spacial score (nSPS) is 11.8. The van der Waals surface area contributed by atoms with E-state index in [0.717, 1.165) is 17.8 Å². The number of alkyl halides is 3. The third-order valence-electron chi connectivity index (χ3n) is 2.32. The predicted octanol–water partition coefficient (Wildman–Crippen LogP) is 3.01. The van der Waals surface area contributed by atoms with Crippen molar-refractivity contribution < 1.29 is 17.6 Å². The van der Waals surface area contributed by atoms with E-state index in [1.165, 1.54) is 6.07 Å². The molecule has 0 aliphatic heterocycles. The summed E-state index contributed by atoms with van der Waals surface area (Å²) >= 11 is 0.977. The summed E-state index contributed by atoms with van der Waals surface area (Å²) in [7, 11) is 0. The van der Waals surface area contributed by atoms with Gasteiger partial charge in [0.15, 0.2) is 0 Å². The first kappa shape index (κ1) is 13.9. The summed E-state index contributed by atoms with van der Waals surface area (Å²) in [6.45, 7) is 1.44. The van der Waals surface area contributed by atoms with Gasteiger partial charge in [0, 0.05) is 18.4 Å². The van der Waals surface area contributed by atoms with E-state index in [0.29, 0.717) is 10.8 Å². The smallest absolute Gasteiger partial charge is 0.416 e. The van der Waals surface area contributed by atoms with Gasteiger partial charge >= 0.3 is 6.18 Å². The lowest BCUT2D eigenvalue weighted by molar-refractivity contribution is -0.138. The average molecular weight is 289 g/mol. The van der Waals surface area contributed by atoms with E-state index < -0.39 is 11.7 Å². The van der Waals surface area contributed by atoms with E-state index in [2.05, 4.69) is 10.2 Å². The van der Waals surface area contributed by atoms with E-state index >= 15 is 0 Å². The van der Waals surface area contributed by atoms with Crippen LogP contribution < -0.4 is 5.73 Å². The number of benzene rings is 1. The van der Waals surface area contributed by atoms with Crippen LogP contribution in [0.4, 0.5) is 13.2 Å². The van der Waals surface area contributed by atoms with Crippen LogP contribution in [0.2, 0.25) is 0 Å². The molecule has 0 saturated carbocycles. The standard InChI is InChI=1S/C11H10F3N3OS/c1-6-16-17-10(18-6)19-8-3-2-7(5-15)9(4-8)11(12,13)14/h2-4H,5,15H2,1H3. The van der Waals surface area contributed by atoms with Gasteiger partial charge in [-0.25, -0.2) is 0 Å². The molecule has 0 spiro atoms. The SMILES string of the molecule is Cc1nnc(Sc2ccc(CN)c(C(F)(F)F)c2)o1. The van der Waals surface area contributed by atoms with E-state index in [1.807, 2.05) is 0 Å². The van der Waals surface area contributed by atoms with Crippen LogP contribution in [0.25, 0.3) is 0 Å². The summed E-state index contributed by atoms with van der Waals surface area (Å²) in [6.07, 6.45) is -4.43. The molecule has 8 heteroatoms. The molecule has 1 aromatic heterocycles. The lowest BCUT2D eigenvalue weighted by Gasteiger charge is -2.12. The number of aromatic nitrogens is 2. The highest BCUT2D eigenvalue weighted by atomic mass is 32.2. The molecule has 0 aliphatic carbocycles. The van der Waals surface area contributed by atoms with Crippen molar-refractivity contribution in [2.75, 3.05) is 0 Å². The molecule has 19 heavy (non-hydrogen) atoms. The quantitative estimate of drug-likeness (QED) is 0.941. The molecule has 0 aliphatic rings. The van der Waals surface area contributed by atoms with E-state index in [-0.39, 0.29) is 17.3 Å². The largest absolute Gasteiger partial charge is 0.416 e. The maximum Gasteiger partial charge on any atom is 0.416 e. The fourth-order valence-corrected chi connectivity index (χ4v) is 2.24. The Hall–Kier alpha value is -1.54. The van der Waals surface area contributed by atoms with Crippen LogP contribution in [0.3, 0.4) is 0 Å². The fourth-order valence-electron chi connectivity index (χ4n) is 1.48. The average Bonchev–Trinajstić information content (AvgIpc) is 2.73. The predicted molar refractivity (Wildman–Crippen MR) is 62.5 cm³/mol. The van der Waals surface area contributed by atoms with Crippen LogP contribution in [-0.2, 0) is 12.7 Å². The Labute approximate surface area is 111 Å². The number of nitrogens with zero attached hydrogens (tertiary/aromatic N) is 2. The van der Waals surface area contributed by atoms with Gasteiger partial charge in [-0.05, 0) is 29.5 Å². The first-order valence-corrected chi connectivity index (χ1v) is 6.10. The number of halogens is 3. The van der Waals surface area contributed by atoms with Crippen LogP contribution >= 0.6 is 11.8 Å². The molecule has 0 radical (unpaired) electrons. The molecule has 2 N–H and O–H groups in total. The van der Waals surface area contributed by atoms with Crippen LogP contribution in [-0.4, -0.2) is 10.2 Å². The molecule has 1 aromatic carbocycles. The Morgan fingerprint density at radius 3 is 2.58 bits per heavy atom. The van der Waals surface area contributed by atoms with Crippen molar-refractivity contribution in [3.63, 3.8) is 0 Å². The van der Waals surface area contributed by atoms with Gasteiger partial charge in [-0.15, -0.1) is 10.2 Å². The monoisotopic (exact) mass is 289 g/mol. The summed E-state index contributed by atoms with van der Waals surface area (Å²) in [5, 5.41) is 7.52. The Kier molecular flexibility index (Phi) is 3.81. The summed E-state index contributed by atoms with van der Waals surface area (Å²) in [4.78, 5) is 0.369. The van der Waals surface area contributed by atoms with Gasteiger partial charge in [-0.3, -0.25) is 0 Å². The molecule has 1 heterocycles. The van der Waals surface area contributed by atoms with Crippen LogP contribution in [0, 0.1) is 6.92 Å². The molecule has 0 amide bonds. The molecular formula is C11H10F3N3OS. The summed E-state index contributed by atoms with van der Waals surface area (Å²) < 4.78 is 43.6. The zero-order valence-electron chi connectivity index (χ0n) is 9.86. The van der Waals surface area contributed by atoms with E-state index in [9.17, 15) is 13.2 Å². The van der Waals surface area contributed by atoms with Gasteiger partial charge in [0.1, 0.15) is 0 Å². The highest BCUT2D eigenvalue weighted by Gasteiger charge is 2.33. The molecule has 0 saturated heterocycles. The van der Waals surface area contributed by atoms with Crippen LogP contribution in [0.5, 0.6) is 0 Å². The van der Waals surface area contributed by atoms with Crippen molar-refractivity contribution >= 4 is 11.8 Å². The van der Waals surface area contributed by atoms with Gasteiger partial charge < -0.3 is 10.2 Å². The molecular weight excluding hydrogens is 279 g/mol. The highest BCUT2D eigenvalue weighted by Crippen LogP contribution is 2.36. The zero-order valence-corrected chi connectivity index (χ0v) is 10.7. The molecule has 2 rings (SSSR count). The lowest BCUT2D eigenvalue weighted by Crippen LogP contribution is -2.11. The van der Waals surface area contributed by atoms with Crippen molar-refractivity contribution in [1.82, 2.24) is 10.2 Å². The van der Waals surface area contributed by atoms with Crippen LogP contribution in [0.1, 0.15) is 17.0 Å². The lowest BCUT2D eigenvalue weighted by atomic mass is 10.1. The van der Waals surface area contributed by atoms with Crippen molar-refractivity contribution in [3.05, 3.63) is 35.2 Å². The Morgan fingerprint density at radius 1 is 1.32 bits per heavy atom. The van der Waals surface area contributed by atoms with Gasteiger partial charge in [0.05, 0.1) is 5.56 Å². The Bertz CT molecular complexity index is 583. The zero-order chi connectivity index (χ0) is 14.0. The minimum atomic E-state index is -4.43. The van der Waals surface area contributed by atoms with E-state index in [1.54, 1.807) is 13.0 Å². The van der Waals surface area contributed by atoms with Crippen LogP contribution in [0.15, 0.2) is 32.7 Å². The molecule has 2 aromatic rings. The van der Waals surface area contributed by atoms with Gasteiger partial charge in [0.2, 0.25) is 5.89 Å². The van der Waals surface area contributed by atoms with E-state index in [4.69, 9.17) is 10.2 Å². The summed E-state index contributed by atoms with van der Waals surface area (Å²) in [5.41, 5.74) is 4.62. The number of hydrogen-bond donors (Lipinski definition) is 1. The molecule has 0 fully saturated rings. The maximum absolute atomic E-state index is 12.8. The summed E-state index contributed by atoms with van der Waals surface area (Å²) in [6, 6.07) is 3.93. The highest BCUT2D eigenvalue weighted by molar-refractivity contribution is 7.99. The number of nitrogens with two attached hydrogens (primary N) is 1. The molecule has 0 bridgehead atoms. The van der Waals surface area contributed by atoms with Crippen molar-refractivity contribution in [2.24, 2.45) is 5.73 Å². The third kappa shape index (κ3) is 3.27. The maximum atomic E-state index is 12.8. The Morgan fingerprint density at radius 2 is 2.05 bits per heavy atom. The molecule has 4 nitrogen and oxygen atoms in total. The van der Waals surface area contributed by atoms with Gasteiger partial charge in [-0.1, -0.05) is 6.07 Å². The second-order valence-corrected chi connectivity index (χ2v) is 4.73. The van der Waals surface area contributed by atoms with Gasteiger partial charge in [0.25, 0.3) is 5.22 Å². The van der Waals surface area contributed by atoms with Gasteiger partial charge in [-0.2, -0.15) is 13.2 Å². The third-order valence-corrected chi connectivity index (χ3v) is 3.15. The second kappa shape index (κ2) is 5.22. The first-order valence-electron chi connectivity index (χ1n) is 5.28. The number of hydrogen-bond acceptors (Lipinski definition) is 5. The molecule has 0 atom stereocenters. The fraction of sp³-hybridized carbons (Fsp3) is 0.273. The van der Waals surface area contributed by atoms with Crippen molar-refractivity contribution in [1.29, 1.82) is 0 Å². The Balaban J connectivity index is 2.32. The summed E-state index contributed by atoms with van der Waals surface area (Å²) in [5.74, 6) is 0.358. The van der Waals surface area contributed by atoms with Crippen molar-refractivity contribution in [3.8, 4) is 0 Å². The molecule has 102 valence electrons. The minimum Gasteiger partial charge on any atom is -0.416 e. The number of rotatable bonds is 3. The second-order valence-electron chi connectivity index (χ2n) is 3.71. The number of aryl methyl sites for hydroxylation is 1. The first-order chi connectivity index (χ1) is 8.90.